The van der Waals surface area contributed by atoms with Gasteiger partial charge in [0, 0.05) is 51.2 Å². The van der Waals surface area contributed by atoms with E-state index < -0.39 is 17.7 Å². The summed E-state index contributed by atoms with van der Waals surface area (Å²) in [6.45, 7) is 8.81. The minimum absolute atomic E-state index is 0.109. The second-order valence-corrected chi connectivity index (χ2v) is 13.6. The lowest BCUT2D eigenvalue weighted by Crippen LogP contribution is -2.11. The predicted molar refractivity (Wildman–Crippen MR) is 169 cm³/mol. The van der Waals surface area contributed by atoms with Gasteiger partial charge in [-0.3, -0.25) is 9.97 Å². The Bertz CT molecular complexity index is 1800. The molecule has 2 aromatic carbocycles. The Morgan fingerprint density at radius 2 is 1.70 bits per heavy atom. The molecule has 0 saturated carbocycles. The van der Waals surface area contributed by atoms with Gasteiger partial charge in [-0.1, -0.05) is 51.1 Å². The van der Waals surface area contributed by atoms with Gasteiger partial charge in [0.1, 0.15) is 12.4 Å². The summed E-state index contributed by atoms with van der Waals surface area (Å²) < 4.78 is 46.9. The van der Waals surface area contributed by atoms with Crippen molar-refractivity contribution in [1.82, 2.24) is 14.5 Å². The maximum atomic E-state index is 12.9. The highest BCUT2D eigenvalue weighted by atomic mass is 32.2. The summed E-state index contributed by atoms with van der Waals surface area (Å²) in [7, 11) is 1.99. The first kappa shape index (κ1) is 31.1. The van der Waals surface area contributed by atoms with Crippen molar-refractivity contribution >= 4 is 22.7 Å². The van der Waals surface area contributed by atoms with Crippen LogP contribution < -0.4 is 4.74 Å². The van der Waals surface area contributed by atoms with E-state index in [1.807, 2.05) is 74.8 Å². The van der Waals surface area contributed by atoms with Crippen LogP contribution in [0.3, 0.4) is 0 Å². The highest BCUT2D eigenvalue weighted by Crippen LogP contribution is 2.44. The van der Waals surface area contributed by atoms with Gasteiger partial charge in [-0.15, -0.1) is 11.8 Å². The summed E-state index contributed by atoms with van der Waals surface area (Å²) in [6, 6.07) is 22.4. The second-order valence-electron chi connectivity index (χ2n) is 11.8. The molecule has 9 heteroatoms. The van der Waals surface area contributed by atoms with Crippen molar-refractivity contribution in [3.63, 3.8) is 0 Å². The van der Waals surface area contributed by atoms with Crippen molar-refractivity contribution in [3.8, 4) is 23.1 Å². The lowest BCUT2D eigenvalue weighted by Gasteiger charge is -2.21. The van der Waals surface area contributed by atoms with Crippen LogP contribution in [-0.4, -0.2) is 19.3 Å². The number of fused-ring (bicyclic) bond motifs is 1. The molecule has 0 N–H and O–H groups in total. The number of aryl methyl sites for hydroxylation is 2. The fraction of sp³-hybridized carbons (Fsp3) is 0.286. The van der Waals surface area contributed by atoms with E-state index in [9.17, 15) is 18.4 Å². The summed E-state index contributed by atoms with van der Waals surface area (Å²) in [4.78, 5) is 9.48. The van der Waals surface area contributed by atoms with Crippen LogP contribution in [0.4, 0.5) is 13.2 Å². The Morgan fingerprint density at radius 1 is 0.955 bits per heavy atom. The van der Waals surface area contributed by atoms with Crippen LogP contribution >= 0.6 is 11.8 Å². The topological polar surface area (TPSA) is 63.7 Å². The molecule has 5 aromatic rings. The van der Waals surface area contributed by atoms with E-state index >= 15 is 0 Å². The number of thioether (sulfide) groups is 1. The third kappa shape index (κ3) is 7.08. The molecule has 226 valence electrons. The number of rotatable bonds is 8. The Morgan fingerprint density at radius 3 is 2.30 bits per heavy atom. The van der Waals surface area contributed by atoms with E-state index in [2.05, 4.69) is 41.4 Å². The zero-order chi connectivity index (χ0) is 31.6. The third-order valence-corrected chi connectivity index (χ3v) is 8.45. The van der Waals surface area contributed by atoms with Gasteiger partial charge in [-0.2, -0.15) is 18.4 Å². The van der Waals surface area contributed by atoms with Crippen molar-refractivity contribution < 1.29 is 17.9 Å². The molecule has 1 unspecified atom stereocenters. The van der Waals surface area contributed by atoms with Crippen molar-refractivity contribution in [2.75, 3.05) is 0 Å². The van der Waals surface area contributed by atoms with E-state index in [0.717, 1.165) is 56.3 Å². The number of hydrogen-bond acceptors (Lipinski definition) is 5. The van der Waals surface area contributed by atoms with Gasteiger partial charge in [0.25, 0.3) is 0 Å². The van der Waals surface area contributed by atoms with Gasteiger partial charge in [0.05, 0.1) is 28.9 Å². The lowest BCUT2D eigenvalue weighted by atomic mass is 9.96. The van der Waals surface area contributed by atoms with Crippen LogP contribution in [0.5, 0.6) is 5.75 Å². The number of alkyl halides is 3. The van der Waals surface area contributed by atoms with Crippen LogP contribution in [0.25, 0.3) is 22.2 Å². The fourth-order valence-corrected chi connectivity index (χ4v) is 6.30. The molecule has 44 heavy (non-hydrogen) atoms. The van der Waals surface area contributed by atoms with E-state index in [4.69, 9.17) is 4.74 Å². The quantitative estimate of drug-likeness (QED) is 0.163. The lowest BCUT2D eigenvalue weighted by molar-refractivity contribution is -0.137. The molecule has 5 nitrogen and oxygen atoms in total. The van der Waals surface area contributed by atoms with Gasteiger partial charge in [-0.25, -0.2) is 0 Å². The molecule has 0 spiro atoms. The molecule has 1 atom stereocenters. The van der Waals surface area contributed by atoms with E-state index in [0.29, 0.717) is 24.3 Å². The molecule has 0 amide bonds. The molecular formula is C35H33F3N4OS. The maximum absolute atomic E-state index is 12.9. The van der Waals surface area contributed by atoms with Gasteiger partial charge in [-0.05, 0) is 60.9 Å². The monoisotopic (exact) mass is 614 g/mol. The van der Waals surface area contributed by atoms with Crippen LogP contribution in [0, 0.1) is 18.3 Å². The number of nitrogens with zero attached hydrogens (tertiary/aromatic N) is 4. The second kappa shape index (κ2) is 12.4. The summed E-state index contributed by atoms with van der Waals surface area (Å²) >= 11 is 1.73. The number of hydrogen-bond donors (Lipinski definition) is 0. The average Bonchev–Trinajstić information content (AvgIpc) is 3.24. The molecule has 5 rings (SSSR count). The van der Waals surface area contributed by atoms with Gasteiger partial charge in [0.2, 0.25) is 0 Å². The fourth-order valence-electron chi connectivity index (χ4n) is 5.03. The SMILES string of the molecule is Cc1ccc(COc2ccc3c(c2)c(SC(C)(C)C)c(C(C#N)Cc2ccc(-c4ccc(C(F)(F)F)cn4)cc2)n3C)nc1. The number of aromatic nitrogens is 3. The largest absolute Gasteiger partial charge is 0.487 e. The Labute approximate surface area is 259 Å². The van der Waals surface area contributed by atoms with Crippen molar-refractivity contribution in [2.24, 2.45) is 7.05 Å². The summed E-state index contributed by atoms with van der Waals surface area (Å²) in [5.74, 6) is 0.294. The van der Waals surface area contributed by atoms with Crippen molar-refractivity contribution in [3.05, 3.63) is 107 Å². The van der Waals surface area contributed by atoms with Gasteiger partial charge < -0.3 is 9.30 Å². The number of pyridine rings is 2. The molecule has 0 aliphatic heterocycles. The van der Waals surface area contributed by atoms with Crippen LogP contribution in [0.1, 0.15) is 54.8 Å². The highest BCUT2D eigenvalue weighted by molar-refractivity contribution is 8.00. The van der Waals surface area contributed by atoms with Gasteiger partial charge in [0.15, 0.2) is 0 Å². The predicted octanol–water partition coefficient (Wildman–Crippen LogP) is 9.28. The van der Waals surface area contributed by atoms with Crippen LogP contribution in [0.15, 0.2) is 84.0 Å². The molecule has 0 aliphatic carbocycles. The molecule has 0 fully saturated rings. The molecule has 0 radical (unpaired) electrons. The Kier molecular flexibility index (Phi) is 8.76. The van der Waals surface area contributed by atoms with E-state index in [-0.39, 0.29) is 4.75 Å². The molecule has 3 aromatic heterocycles. The van der Waals surface area contributed by atoms with E-state index in [1.165, 1.54) is 6.07 Å². The smallest absolute Gasteiger partial charge is 0.417 e. The normalized spacial score (nSPS) is 12.7. The molecule has 0 saturated heterocycles. The van der Waals surface area contributed by atoms with E-state index in [1.54, 1.807) is 11.8 Å². The zero-order valence-electron chi connectivity index (χ0n) is 25.2. The van der Waals surface area contributed by atoms with Crippen molar-refractivity contribution in [2.45, 2.75) is 62.5 Å². The maximum Gasteiger partial charge on any atom is 0.417 e. The minimum Gasteiger partial charge on any atom is -0.487 e. The number of ether oxygens (including phenoxy) is 1. The number of halogens is 3. The molecule has 0 bridgehead atoms. The van der Waals surface area contributed by atoms with Crippen molar-refractivity contribution in [1.29, 1.82) is 5.26 Å². The molecule has 3 heterocycles. The molecular weight excluding hydrogens is 581 g/mol. The number of nitriles is 1. The summed E-state index contributed by atoms with van der Waals surface area (Å²) in [6.07, 6.45) is -1.29. The highest BCUT2D eigenvalue weighted by Gasteiger charge is 2.31. The minimum atomic E-state index is -4.43. The van der Waals surface area contributed by atoms with Crippen LogP contribution in [-0.2, 0) is 26.3 Å². The first-order valence-corrected chi connectivity index (χ1v) is 15.0. The first-order chi connectivity index (χ1) is 20.8. The Hall–Kier alpha value is -4.29. The average molecular weight is 615 g/mol. The molecule has 0 aliphatic rings. The first-order valence-electron chi connectivity index (χ1n) is 14.2. The number of benzene rings is 2. The van der Waals surface area contributed by atoms with Gasteiger partial charge >= 0.3 is 6.18 Å². The summed E-state index contributed by atoms with van der Waals surface area (Å²) in [5, 5.41) is 11.4. The standard InChI is InChI=1S/C35H33F3N4OS/c1-22-6-12-27(40-19-22)21-43-28-13-15-31-29(17-28)33(44-34(2,3)4)32(42(31)5)25(18-39)16-23-7-9-24(10-8-23)30-14-11-26(20-41-30)35(36,37)38/h6-15,17,19-20,25H,16,21H2,1-5H3. The van der Waals surface area contributed by atoms with Crippen LogP contribution in [0.2, 0.25) is 0 Å². The summed E-state index contributed by atoms with van der Waals surface area (Å²) in [5.41, 5.74) is 5.21. The Balaban J connectivity index is 1.43. The zero-order valence-corrected chi connectivity index (χ0v) is 26.1. The third-order valence-electron chi connectivity index (χ3n) is 7.20.